The first-order chi connectivity index (χ1) is 7.92. The van der Waals surface area contributed by atoms with Crippen LogP contribution in [0.1, 0.15) is 32.8 Å². The number of rotatable bonds is 2. The molecule has 2 N–H and O–H groups in total. The van der Waals surface area contributed by atoms with Crippen LogP contribution in [0.15, 0.2) is 24.3 Å². The van der Waals surface area contributed by atoms with Gasteiger partial charge in [0.05, 0.1) is 6.54 Å². The van der Waals surface area contributed by atoms with Crippen molar-refractivity contribution in [2.75, 3.05) is 11.4 Å². The van der Waals surface area contributed by atoms with E-state index in [4.69, 9.17) is 5.73 Å². The number of hydrogen-bond donors (Lipinski definition) is 1. The Hall–Kier alpha value is -1.51. The highest BCUT2D eigenvalue weighted by Crippen LogP contribution is 2.41. The number of benzene rings is 1. The second kappa shape index (κ2) is 4.06. The maximum absolute atomic E-state index is 11.2. The Morgan fingerprint density at radius 3 is 2.76 bits per heavy atom. The summed E-state index contributed by atoms with van der Waals surface area (Å²) >= 11 is 0. The molecule has 1 aromatic carbocycles. The first-order valence-electron chi connectivity index (χ1n) is 6.06. The van der Waals surface area contributed by atoms with Gasteiger partial charge >= 0.3 is 0 Å². The van der Waals surface area contributed by atoms with E-state index >= 15 is 0 Å². The number of fused-ring (bicyclic) bond motifs is 1. The van der Waals surface area contributed by atoms with E-state index in [1.807, 2.05) is 6.07 Å². The minimum atomic E-state index is -0.272. The van der Waals surface area contributed by atoms with Crippen molar-refractivity contribution in [2.24, 2.45) is 5.73 Å². The van der Waals surface area contributed by atoms with E-state index in [-0.39, 0.29) is 11.3 Å². The van der Waals surface area contributed by atoms with Crippen LogP contribution in [0.5, 0.6) is 0 Å². The molecule has 0 aliphatic carbocycles. The van der Waals surface area contributed by atoms with E-state index in [9.17, 15) is 4.79 Å². The molecule has 0 unspecified atom stereocenters. The van der Waals surface area contributed by atoms with Crippen molar-refractivity contribution in [1.82, 2.24) is 0 Å². The predicted molar refractivity (Wildman–Crippen MR) is 70.1 cm³/mol. The van der Waals surface area contributed by atoms with Crippen molar-refractivity contribution in [3.05, 3.63) is 29.8 Å². The van der Waals surface area contributed by atoms with Crippen molar-refractivity contribution < 1.29 is 4.79 Å². The van der Waals surface area contributed by atoms with Gasteiger partial charge in [-0.25, -0.2) is 0 Å². The van der Waals surface area contributed by atoms with E-state index in [1.165, 1.54) is 5.56 Å². The van der Waals surface area contributed by atoms with Crippen molar-refractivity contribution in [3.8, 4) is 0 Å². The molecular weight excluding hydrogens is 212 g/mol. The van der Waals surface area contributed by atoms with Gasteiger partial charge in [0.15, 0.2) is 0 Å². The number of carbonyl (C=O) groups is 1. The van der Waals surface area contributed by atoms with Crippen molar-refractivity contribution in [1.29, 1.82) is 0 Å². The monoisotopic (exact) mass is 232 g/mol. The highest BCUT2D eigenvalue weighted by molar-refractivity contribution is 5.80. The lowest BCUT2D eigenvalue weighted by atomic mass is 9.75. The fourth-order valence-corrected chi connectivity index (χ4v) is 2.90. The lowest BCUT2D eigenvalue weighted by Crippen LogP contribution is -2.47. The number of amides is 1. The van der Waals surface area contributed by atoms with Gasteiger partial charge in [0.2, 0.25) is 5.91 Å². The van der Waals surface area contributed by atoms with Crippen LogP contribution in [0.2, 0.25) is 0 Å². The molecule has 3 heteroatoms. The molecular formula is C14H20N2O. The van der Waals surface area contributed by atoms with Crippen LogP contribution in [0.4, 0.5) is 5.69 Å². The second-order valence-electron chi connectivity index (χ2n) is 5.55. The first kappa shape index (κ1) is 12.0. The van der Waals surface area contributed by atoms with E-state index in [2.05, 4.69) is 43.9 Å². The van der Waals surface area contributed by atoms with Gasteiger partial charge in [-0.1, -0.05) is 32.0 Å². The zero-order valence-corrected chi connectivity index (χ0v) is 10.7. The largest absolute Gasteiger partial charge is 0.368 e. The molecule has 92 valence electrons. The molecule has 1 aliphatic rings. The van der Waals surface area contributed by atoms with E-state index < -0.39 is 0 Å². The smallest absolute Gasteiger partial charge is 0.236 e. The lowest BCUT2D eigenvalue weighted by molar-refractivity contribution is -0.116. The van der Waals surface area contributed by atoms with Gasteiger partial charge in [-0.05, 0) is 30.4 Å². The summed E-state index contributed by atoms with van der Waals surface area (Å²) in [7, 11) is 0. The fourth-order valence-electron chi connectivity index (χ4n) is 2.90. The third-order valence-corrected chi connectivity index (χ3v) is 3.61. The lowest BCUT2D eigenvalue weighted by Gasteiger charge is -2.44. The summed E-state index contributed by atoms with van der Waals surface area (Å²) < 4.78 is 0. The van der Waals surface area contributed by atoms with Crippen LogP contribution in [0.25, 0.3) is 0 Å². The molecule has 0 saturated heterocycles. The Labute approximate surface area is 103 Å². The number of anilines is 1. The van der Waals surface area contributed by atoms with E-state index in [0.717, 1.165) is 12.1 Å². The molecule has 0 spiro atoms. The van der Waals surface area contributed by atoms with Gasteiger partial charge < -0.3 is 10.6 Å². The highest BCUT2D eigenvalue weighted by Gasteiger charge is 2.35. The van der Waals surface area contributed by atoms with Crippen LogP contribution in [0.3, 0.4) is 0 Å². The maximum atomic E-state index is 11.2. The summed E-state index contributed by atoms with van der Waals surface area (Å²) in [5.41, 5.74) is 7.94. The van der Waals surface area contributed by atoms with Crippen molar-refractivity contribution in [2.45, 2.75) is 38.6 Å². The Morgan fingerprint density at radius 1 is 1.47 bits per heavy atom. The molecule has 0 fully saturated rings. The molecule has 3 nitrogen and oxygen atoms in total. The summed E-state index contributed by atoms with van der Waals surface area (Å²) in [6.45, 7) is 6.96. The predicted octanol–water partition coefficient (Wildman–Crippen LogP) is 2.05. The van der Waals surface area contributed by atoms with Crippen LogP contribution in [-0.2, 0) is 10.2 Å². The van der Waals surface area contributed by atoms with Gasteiger partial charge in [-0.3, -0.25) is 4.79 Å². The van der Waals surface area contributed by atoms with Crippen LogP contribution in [-0.4, -0.2) is 18.5 Å². The number of nitrogens with two attached hydrogens (primary N) is 1. The molecule has 1 heterocycles. The van der Waals surface area contributed by atoms with Crippen molar-refractivity contribution in [3.63, 3.8) is 0 Å². The van der Waals surface area contributed by atoms with Crippen LogP contribution in [0, 0.1) is 0 Å². The van der Waals surface area contributed by atoms with Gasteiger partial charge in [0, 0.05) is 11.7 Å². The molecule has 0 aromatic heterocycles. The van der Waals surface area contributed by atoms with Gasteiger partial charge in [0.1, 0.15) is 0 Å². The second-order valence-corrected chi connectivity index (χ2v) is 5.55. The summed E-state index contributed by atoms with van der Waals surface area (Å²) in [5, 5.41) is 0. The standard InChI is InChI=1S/C14H20N2O/c1-10-8-14(2,3)11-6-4-5-7-12(11)16(10)9-13(15)17/h4-7,10H,8-9H2,1-3H3,(H2,15,17)/t10-/m0/s1. The molecule has 17 heavy (non-hydrogen) atoms. The average Bonchev–Trinajstić information content (AvgIpc) is 2.23. The minimum Gasteiger partial charge on any atom is -0.368 e. The summed E-state index contributed by atoms with van der Waals surface area (Å²) in [6.07, 6.45) is 1.04. The van der Waals surface area contributed by atoms with E-state index in [1.54, 1.807) is 0 Å². The molecule has 2 rings (SSSR count). The maximum Gasteiger partial charge on any atom is 0.236 e. The van der Waals surface area contributed by atoms with Gasteiger partial charge in [-0.2, -0.15) is 0 Å². The highest BCUT2D eigenvalue weighted by atomic mass is 16.1. The topological polar surface area (TPSA) is 46.3 Å². The molecule has 0 saturated carbocycles. The van der Waals surface area contributed by atoms with E-state index in [0.29, 0.717) is 12.6 Å². The van der Waals surface area contributed by atoms with Crippen LogP contribution >= 0.6 is 0 Å². The zero-order valence-electron chi connectivity index (χ0n) is 10.7. The van der Waals surface area contributed by atoms with Gasteiger partial charge in [0.25, 0.3) is 0 Å². The quantitative estimate of drug-likeness (QED) is 0.848. The molecule has 1 aliphatic heterocycles. The number of carbonyl (C=O) groups excluding carboxylic acids is 1. The number of primary amides is 1. The van der Waals surface area contributed by atoms with Crippen LogP contribution < -0.4 is 10.6 Å². The Kier molecular flexibility index (Phi) is 2.86. The summed E-state index contributed by atoms with van der Waals surface area (Å²) in [5.74, 6) is -0.272. The molecule has 0 bridgehead atoms. The number of hydrogen-bond acceptors (Lipinski definition) is 2. The average molecular weight is 232 g/mol. The third-order valence-electron chi connectivity index (χ3n) is 3.61. The number of para-hydroxylation sites is 1. The number of nitrogens with zero attached hydrogens (tertiary/aromatic N) is 1. The Morgan fingerprint density at radius 2 is 2.12 bits per heavy atom. The summed E-state index contributed by atoms with van der Waals surface area (Å²) in [6, 6.07) is 8.64. The summed E-state index contributed by atoms with van der Waals surface area (Å²) in [4.78, 5) is 13.3. The Balaban J connectivity index is 2.46. The molecule has 1 atom stereocenters. The zero-order chi connectivity index (χ0) is 12.6. The van der Waals surface area contributed by atoms with Gasteiger partial charge in [-0.15, -0.1) is 0 Å². The van der Waals surface area contributed by atoms with Crippen molar-refractivity contribution >= 4 is 11.6 Å². The molecule has 0 radical (unpaired) electrons. The normalized spacial score (nSPS) is 22.1. The fraction of sp³-hybridized carbons (Fsp3) is 0.500. The first-order valence-corrected chi connectivity index (χ1v) is 6.06. The Bertz CT molecular complexity index is 440. The SMILES string of the molecule is C[C@H]1CC(C)(C)c2ccccc2N1CC(N)=O. The minimum absolute atomic E-state index is 0.157. The molecule has 1 amide bonds. The molecule has 1 aromatic rings. The third kappa shape index (κ3) is 2.14.